The standard InChI is InChI=1S/C16H27NO/c1-5-15(4)17-10-6-7-11-18-16-12-13(2)8-9-14(16)3/h8-9,12,15,17H,5-7,10-11H2,1-4H3. The van der Waals surface area contributed by atoms with Crippen molar-refractivity contribution >= 4 is 0 Å². The van der Waals surface area contributed by atoms with Crippen molar-refractivity contribution in [3.8, 4) is 5.75 Å². The van der Waals surface area contributed by atoms with E-state index in [0.717, 1.165) is 25.3 Å². The molecule has 1 atom stereocenters. The first-order chi connectivity index (χ1) is 8.63. The molecule has 0 radical (unpaired) electrons. The zero-order chi connectivity index (χ0) is 13.4. The average Bonchev–Trinajstić information content (AvgIpc) is 2.37. The maximum Gasteiger partial charge on any atom is 0.122 e. The predicted molar refractivity (Wildman–Crippen MR) is 78.4 cm³/mol. The van der Waals surface area contributed by atoms with Gasteiger partial charge in [0.05, 0.1) is 6.61 Å². The highest BCUT2D eigenvalue weighted by Crippen LogP contribution is 2.19. The van der Waals surface area contributed by atoms with Gasteiger partial charge in [-0.1, -0.05) is 19.1 Å². The molecule has 0 saturated carbocycles. The Morgan fingerprint density at radius 2 is 2.00 bits per heavy atom. The van der Waals surface area contributed by atoms with Crippen molar-refractivity contribution in [2.45, 2.75) is 53.0 Å². The zero-order valence-electron chi connectivity index (χ0n) is 12.3. The Morgan fingerprint density at radius 3 is 2.72 bits per heavy atom. The lowest BCUT2D eigenvalue weighted by Crippen LogP contribution is -2.26. The van der Waals surface area contributed by atoms with Crippen LogP contribution in [-0.2, 0) is 0 Å². The molecule has 0 saturated heterocycles. The second-order valence-corrected chi connectivity index (χ2v) is 5.09. The molecular weight excluding hydrogens is 222 g/mol. The summed E-state index contributed by atoms with van der Waals surface area (Å²) in [6.45, 7) is 10.5. The summed E-state index contributed by atoms with van der Waals surface area (Å²) in [4.78, 5) is 0. The van der Waals surface area contributed by atoms with E-state index in [2.05, 4.69) is 51.2 Å². The molecule has 2 heteroatoms. The van der Waals surface area contributed by atoms with E-state index >= 15 is 0 Å². The lowest BCUT2D eigenvalue weighted by molar-refractivity contribution is 0.302. The van der Waals surface area contributed by atoms with Crippen molar-refractivity contribution in [1.82, 2.24) is 5.32 Å². The Bertz CT molecular complexity index is 349. The maximum absolute atomic E-state index is 5.82. The van der Waals surface area contributed by atoms with Crippen molar-refractivity contribution in [2.75, 3.05) is 13.2 Å². The van der Waals surface area contributed by atoms with Gasteiger partial charge in [-0.05, 0) is 63.8 Å². The summed E-state index contributed by atoms with van der Waals surface area (Å²) >= 11 is 0. The SMILES string of the molecule is CCC(C)NCCCCOc1cc(C)ccc1C. The summed E-state index contributed by atoms with van der Waals surface area (Å²) in [6, 6.07) is 6.99. The van der Waals surface area contributed by atoms with Crippen LogP contribution in [0.1, 0.15) is 44.2 Å². The summed E-state index contributed by atoms with van der Waals surface area (Å²) < 4.78 is 5.82. The zero-order valence-corrected chi connectivity index (χ0v) is 12.3. The first-order valence-electron chi connectivity index (χ1n) is 7.07. The van der Waals surface area contributed by atoms with Crippen LogP contribution in [0, 0.1) is 13.8 Å². The molecule has 1 aromatic rings. The second-order valence-electron chi connectivity index (χ2n) is 5.09. The summed E-state index contributed by atoms with van der Waals surface area (Å²) in [5.41, 5.74) is 2.48. The van der Waals surface area contributed by atoms with Gasteiger partial charge in [0, 0.05) is 6.04 Å². The third kappa shape index (κ3) is 5.54. The van der Waals surface area contributed by atoms with Crippen LogP contribution in [0.4, 0.5) is 0 Å². The molecule has 0 spiro atoms. The van der Waals surface area contributed by atoms with Gasteiger partial charge in [-0.25, -0.2) is 0 Å². The van der Waals surface area contributed by atoms with Crippen molar-refractivity contribution in [3.05, 3.63) is 29.3 Å². The molecule has 0 heterocycles. The van der Waals surface area contributed by atoms with Crippen LogP contribution in [0.25, 0.3) is 0 Å². The van der Waals surface area contributed by atoms with Gasteiger partial charge < -0.3 is 10.1 Å². The number of nitrogens with one attached hydrogen (secondary N) is 1. The number of rotatable bonds is 8. The molecule has 0 aromatic heterocycles. The highest BCUT2D eigenvalue weighted by Gasteiger charge is 2.00. The van der Waals surface area contributed by atoms with Crippen LogP contribution in [0.5, 0.6) is 5.75 Å². The summed E-state index contributed by atoms with van der Waals surface area (Å²) in [5, 5.41) is 3.50. The predicted octanol–water partition coefficient (Wildman–Crippen LogP) is 3.85. The number of hydrogen-bond donors (Lipinski definition) is 1. The first-order valence-corrected chi connectivity index (χ1v) is 7.07. The lowest BCUT2D eigenvalue weighted by atomic mass is 10.1. The second kappa shape index (κ2) is 8.15. The van der Waals surface area contributed by atoms with Crippen molar-refractivity contribution in [3.63, 3.8) is 0 Å². The Morgan fingerprint density at radius 1 is 1.22 bits per heavy atom. The minimum absolute atomic E-state index is 0.630. The third-order valence-electron chi connectivity index (χ3n) is 3.28. The van der Waals surface area contributed by atoms with Gasteiger partial charge in [-0.3, -0.25) is 0 Å². The van der Waals surface area contributed by atoms with Crippen LogP contribution in [-0.4, -0.2) is 19.2 Å². The Kier molecular flexibility index (Phi) is 6.81. The van der Waals surface area contributed by atoms with Gasteiger partial charge in [0.1, 0.15) is 5.75 Å². The van der Waals surface area contributed by atoms with Crippen LogP contribution in [0.15, 0.2) is 18.2 Å². The van der Waals surface area contributed by atoms with Crippen LogP contribution >= 0.6 is 0 Å². The highest BCUT2D eigenvalue weighted by molar-refractivity contribution is 5.35. The summed E-state index contributed by atoms with van der Waals surface area (Å²) in [6.07, 6.45) is 3.48. The fraction of sp³-hybridized carbons (Fsp3) is 0.625. The molecule has 0 amide bonds. The molecule has 1 N–H and O–H groups in total. The first kappa shape index (κ1) is 15.0. The maximum atomic E-state index is 5.82. The minimum atomic E-state index is 0.630. The molecule has 18 heavy (non-hydrogen) atoms. The van der Waals surface area contributed by atoms with E-state index in [4.69, 9.17) is 4.74 Å². The molecule has 0 fully saturated rings. The number of benzene rings is 1. The van der Waals surface area contributed by atoms with Crippen LogP contribution in [0.2, 0.25) is 0 Å². The lowest BCUT2D eigenvalue weighted by Gasteiger charge is -2.12. The van der Waals surface area contributed by atoms with Crippen molar-refractivity contribution in [1.29, 1.82) is 0 Å². The third-order valence-corrected chi connectivity index (χ3v) is 3.28. The van der Waals surface area contributed by atoms with E-state index < -0.39 is 0 Å². The van der Waals surface area contributed by atoms with Gasteiger partial charge in [-0.15, -0.1) is 0 Å². The largest absolute Gasteiger partial charge is 0.493 e. The normalized spacial score (nSPS) is 12.4. The fourth-order valence-electron chi connectivity index (χ4n) is 1.76. The fourth-order valence-corrected chi connectivity index (χ4v) is 1.76. The number of hydrogen-bond acceptors (Lipinski definition) is 2. The van der Waals surface area contributed by atoms with Gasteiger partial charge in [0.15, 0.2) is 0 Å². The van der Waals surface area contributed by atoms with Gasteiger partial charge in [-0.2, -0.15) is 0 Å². The molecule has 102 valence electrons. The molecule has 0 aliphatic heterocycles. The molecule has 0 aliphatic carbocycles. The molecule has 1 rings (SSSR count). The number of unbranched alkanes of at least 4 members (excludes halogenated alkanes) is 1. The average molecular weight is 249 g/mol. The van der Waals surface area contributed by atoms with E-state index in [1.54, 1.807) is 0 Å². The van der Waals surface area contributed by atoms with Crippen molar-refractivity contribution < 1.29 is 4.74 Å². The Labute approximate surface area is 112 Å². The van der Waals surface area contributed by atoms with Crippen LogP contribution < -0.4 is 10.1 Å². The van der Waals surface area contributed by atoms with Gasteiger partial charge >= 0.3 is 0 Å². The smallest absolute Gasteiger partial charge is 0.122 e. The molecule has 0 aliphatic rings. The van der Waals surface area contributed by atoms with Gasteiger partial charge in [0.2, 0.25) is 0 Å². The van der Waals surface area contributed by atoms with E-state index in [-0.39, 0.29) is 0 Å². The van der Waals surface area contributed by atoms with E-state index in [1.807, 2.05) is 0 Å². The quantitative estimate of drug-likeness (QED) is 0.707. The Hall–Kier alpha value is -1.02. The number of aryl methyl sites for hydroxylation is 2. The Balaban J connectivity index is 2.16. The molecule has 1 unspecified atom stereocenters. The molecular formula is C16H27NO. The topological polar surface area (TPSA) is 21.3 Å². The summed E-state index contributed by atoms with van der Waals surface area (Å²) in [7, 11) is 0. The molecule has 1 aromatic carbocycles. The van der Waals surface area contributed by atoms with E-state index in [1.165, 1.54) is 24.0 Å². The van der Waals surface area contributed by atoms with Gasteiger partial charge in [0.25, 0.3) is 0 Å². The summed E-state index contributed by atoms with van der Waals surface area (Å²) in [5.74, 6) is 1.03. The van der Waals surface area contributed by atoms with E-state index in [0.29, 0.717) is 6.04 Å². The molecule has 2 nitrogen and oxygen atoms in total. The number of ether oxygens (including phenoxy) is 1. The monoisotopic (exact) mass is 249 g/mol. The minimum Gasteiger partial charge on any atom is -0.493 e. The van der Waals surface area contributed by atoms with Crippen molar-refractivity contribution in [2.24, 2.45) is 0 Å². The van der Waals surface area contributed by atoms with Crippen LogP contribution in [0.3, 0.4) is 0 Å². The van der Waals surface area contributed by atoms with E-state index in [9.17, 15) is 0 Å². The highest BCUT2D eigenvalue weighted by atomic mass is 16.5. The molecule has 0 bridgehead atoms.